The Balaban J connectivity index is 1.52. The summed E-state index contributed by atoms with van der Waals surface area (Å²) >= 11 is 0. The molecule has 15 heteroatoms. The maximum absolute atomic E-state index is 15.2. The first-order valence-electron chi connectivity index (χ1n) is 26.0. The van der Waals surface area contributed by atoms with Crippen molar-refractivity contribution in [2.24, 2.45) is 22.9 Å². The number of nitro groups is 1. The molecular formula is C56H75FN4O10. The minimum absolute atomic E-state index is 0.00599. The number of nitrogens with zero attached hydrogens (tertiary/aromatic N) is 3. The van der Waals surface area contributed by atoms with Crippen molar-refractivity contribution >= 4 is 23.4 Å². The summed E-state index contributed by atoms with van der Waals surface area (Å²) in [5.41, 5.74) is 3.53. The van der Waals surface area contributed by atoms with Crippen molar-refractivity contribution in [3.05, 3.63) is 124 Å². The van der Waals surface area contributed by atoms with Gasteiger partial charge in [0, 0.05) is 62.8 Å². The number of carbonyl (C=O) groups is 2. The van der Waals surface area contributed by atoms with Gasteiger partial charge in [-0.05, 0) is 110 Å². The van der Waals surface area contributed by atoms with Gasteiger partial charge in [-0.1, -0.05) is 101 Å². The molecular weight excluding hydrogens is 908 g/mol. The lowest BCUT2D eigenvalue weighted by molar-refractivity contribution is -0.384. The van der Waals surface area contributed by atoms with Gasteiger partial charge in [-0.3, -0.25) is 14.9 Å². The molecule has 0 unspecified atom stereocenters. The molecule has 71 heavy (non-hydrogen) atoms. The zero-order chi connectivity index (χ0) is 50.6. The maximum atomic E-state index is 15.2. The summed E-state index contributed by atoms with van der Waals surface area (Å²) in [6, 6.07) is 16.8. The Labute approximate surface area is 418 Å². The van der Waals surface area contributed by atoms with Gasteiger partial charge in [0.2, 0.25) is 11.7 Å². The van der Waals surface area contributed by atoms with Gasteiger partial charge >= 0.3 is 6.09 Å². The number of hydrogen-bond acceptors (Lipinski definition) is 11. The Hall–Kier alpha value is -5.64. The first-order chi connectivity index (χ1) is 34.6. The number of non-ortho nitro benzene ring substituents is 1. The Morgan fingerprint density at radius 2 is 1.59 bits per heavy atom. The van der Waals surface area contributed by atoms with Crippen molar-refractivity contribution in [3.63, 3.8) is 0 Å². The van der Waals surface area contributed by atoms with Crippen molar-refractivity contribution in [2.45, 2.75) is 154 Å². The number of amides is 2. The van der Waals surface area contributed by atoms with Gasteiger partial charge in [0.15, 0.2) is 0 Å². The second-order valence-electron chi connectivity index (χ2n) is 19.1. The van der Waals surface area contributed by atoms with Crippen molar-refractivity contribution < 1.29 is 48.2 Å². The monoisotopic (exact) mass is 983 g/mol. The van der Waals surface area contributed by atoms with Gasteiger partial charge in [0.05, 0.1) is 23.2 Å². The highest BCUT2D eigenvalue weighted by Gasteiger charge is 2.65. The fraction of sp³-hybridized carbons (Fsp3) is 0.554. The number of oxime groups is 1. The Morgan fingerprint density at radius 3 is 2.25 bits per heavy atom. The fourth-order valence-corrected chi connectivity index (χ4v) is 10.8. The predicted molar refractivity (Wildman–Crippen MR) is 271 cm³/mol. The topological polar surface area (TPSA) is 182 Å². The van der Waals surface area contributed by atoms with Crippen LogP contribution in [-0.2, 0) is 27.5 Å². The molecule has 386 valence electrons. The molecule has 1 heterocycles. The summed E-state index contributed by atoms with van der Waals surface area (Å²) in [4.78, 5) is 47.1. The zero-order valence-corrected chi connectivity index (χ0v) is 41.7. The third kappa shape index (κ3) is 14.5. The van der Waals surface area contributed by atoms with Gasteiger partial charge in [0.25, 0.3) is 5.69 Å². The summed E-state index contributed by atoms with van der Waals surface area (Å²) < 4.78 is 34.9. The van der Waals surface area contributed by atoms with Gasteiger partial charge < -0.3 is 39.5 Å². The van der Waals surface area contributed by atoms with E-state index in [-0.39, 0.29) is 75.2 Å². The summed E-state index contributed by atoms with van der Waals surface area (Å²) in [6.45, 7) is 8.70. The molecule has 6 atom stereocenters. The molecule has 0 spiro atoms. The molecule has 3 aromatic rings. The highest BCUT2D eigenvalue weighted by atomic mass is 19.1. The number of fused-ring (bicyclic) bond motifs is 2. The smallest absolute Gasteiger partial charge is 0.412 e. The summed E-state index contributed by atoms with van der Waals surface area (Å²) in [5.74, 6) is -2.35. The number of rotatable bonds is 30. The third-order valence-corrected chi connectivity index (χ3v) is 14.2. The number of ether oxygens (including phenoxy) is 3. The molecule has 0 bridgehead atoms. The Kier molecular flexibility index (Phi) is 21.4. The second kappa shape index (κ2) is 27.8. The van der Waals surface area contributed by atoms with Gasteiger partial charge in [-0.15, -0.1) is 6.58 Å². The Bertz CT molecular complexity index is 2250. The Morgan fingerprint density at radius 1 is 0.915 bits per heavy atom. The molecule has 1 saturated carbocycles. The normalized spacial score (nSPS) is 21.6. The maximum Gasteiger partial charge on any atom is 0.412 e. The molecule has 1 fully saturated rings. The fourth-order valence-electron chi connectivity index (χ4n) is 10.8. The molecule has 14 nitrogen and oxygen atoms in total. The van der Waals surface area contributed by atoms with E-state index < -0.39 is 34.6 Å². The highest BCUT2D eigenvalue weighted by molar-refractivity contribution is 6.03. The largest absolute Gasteiger partial charge is 0.459 e. The number of aliphatic hydroxyl groups excluding tert-OH is 2. The van der Waals surface area contributed by atoms with E-state index in [4.69, 9.17) is 24.2 Å². The van der Waals surface area contributed by atoms with Crippen molar-refractivity contribution in [1.82, 2.24) is 10.2 Å². The molecule has 2 amide bonds. The summed E-state index contributed by atoms with van der Waals surface area (Å²) in [7, 11) is 0. The van der Waals surface area contributed by atoms with Crippen molar-refractivity contribution in [2.75, 3.05) is 26.4 Å². The van der Waals surface area contributed by atoms with Crippen LogP contribution in [0.2, 0.25) is 0 Å². The number of allylic oxidation sites excluding steroid dienone is 1. The van der Waals surface area contributed by atoms with E-state index in [0.717, 1.165) is 43.2 Å². The SMILES string of the molecule is C=CCO[C@@]12Oc3ccc(OC(=O)NCC)cc3[C@H]3[C@H](CCCCO)[C@@H](CCCCO)C=C(C(=NOCc4ccc([N+](=O)[O-])cc4)C[C@@H]1N(Cc1ccc(F)cc1)C(=O)CCCCCCCCCCC)[C@H]32. The lowest BCUT2D eigenvalue weighted by Gasteiger charge is -2.60. The van der Waals surface area contributed by atoms with Crippen LogP contribution >= 0.6 is 0 Å². The van der Waals surface area contributed by atoms with E-state index in [9.17, 15) is 29.5 Å². The van der Waals surface area contributed by atoms with Crippen LogP contribution in [0.25, 0.3) is 0 Å². The molecule has 3 aliphatic rings. The molecule has 2 aliphatic carbocycles. The zero-order valence-electron chi connectivity index (χ0n) is 41.7. The summed E-state index contributed by atoms with van der Waals surface area (Å²) in [5, 5.41) is 39.1. The number of hydrogen-bond donors (Lipinski definition) is 3. The van der Waals surface area contributed by atoms with Gasteiger partial charge in [-0.2, -0.15) is 0 Å². The number of aliphatic hydroxyl groups is 2. The van der Waals surface area contributed by atoms with Crippen LogP contribution in [0.1, 0.15) is 146 Å². The molecule has 0 aromatic heterocycles. The molecule has 0 saturated heterocycles. The average Bonchev–Trinajstić information content (AvgIpc) is 3.36. The minimum Gasteiger partial charge on any atom is -0.459 e. The first-order valence-corrected chi connectivity index (χ1v) is 26.0. The van der Waals surface area contributed by atoms with Crippen molar-refractivity contribution in [3.8, 4) is 11.5 Å². The van der Waals surface area contributed by atoms with Crippen molar-refractivity contribution in [1.29, 1.82) is 0 Å². The minimum atomic E-state index is -1.55. The number of nitrogens with one attached hydrogen (secondary N) is 1. The van der Waals surface area contributed by atoms with E-state index in [1.807, 2.05) is 17.9 Å². The molecule has 6 rings (SSSR count). The lowest BCUT2D eigenvalue weighted by Crippen LogP contribution is -2.70. The number of benzene rings is 3. The molecule has 0 radical (unpaired) electrons. The average molecular weight is 983 g/mol. The van der Waals surface area contributed by atoms with Gasteiger partial charge in [-0.25, -0.2) is 9.18 Å². The standard InChI is InChI=1S/C56H75FN4O10/c1-4-7-8-9-10-11-12-13-14-21-52(64)60(38-40-22-26-43(57)27-23-40)51-37-49(59-69-39-41-24-28-44(29-25-41)61(66)67)47-35-42(19-15-17-32-62)46(20-16-18-33-63)53-48-36-45(70-55(65)58-6-3)30-31-50(48)71-56(51,54(47)53)68-34-5-2/h5,22-31,35-36,42,46,51,53-54,62-63H,2,4,6-21,32-34,37-39H2,1,3H3,(H,58,65)/t42-,46+,51-,53+,54+,56+/m0/s1. The number of halogens is 1. The first kappa shape index (κ1) is 54.7. The number of carbonyl (C=O) groups excluding carboxylic acids is 2. The van der Waals surface area contributed by atoms with Gasteiger partial charge in [0.1, 0.15) is 30.0 Å². The van der Waals surface area contributed by atoms with Crippen LogP contribution in [0.3, 0.4) is 0 Å². The van der Waals surface area contributed by atoms with Crippen LogP contribution < -0.4 is 14.8 Å². The van der Waals surface area contributed by atoms with Crippen LogP contribution in [0.5, 0.6) is 11.5 Å². The van der Waals surface area contributed by atoms with Crippen LogP contribution in [0.15, 0.2) is 96.2 Å². The quantitative estimate of drug-likeness (QED) is 0.0252. The predicted octanol–water partition coefficient (Wildman–Crippen LogP) is 11.6. The number of nitro benzene ring substituents is 1. The van der Waals surface area contributed by atoms with E-state index in [0.29, 0.717) is 67.0 Å². The van der Waals surface area contributed by atoms with E-state index in [1.54, 1.807) is 42.5 Å². The lowest BCUT2D eigenvalue weighted by atomic mass is 9.55. The third-order valence-electron chi connectivity index (χ3n) is 14.2. The van der Waals surface area contributed by atoms with E-state index in [2.05, 4.69) is 24.9 Å². The molecule has 1 aliphatic heterocycles. The van der Waals surface area contributed by atoms with Crippen LogP contribution in [-0.4, -0.2) is 75.9 Å². The molecule has 3 N–H and O–H groups in total. The number of unbranched alkanes of at least 4 members (excludes halogenated alkanes) is 10. The van der Waals surface area contributed by atoms with E-state index >= 15 is 4.79 Å². The van der Waals surface area contributed by atoms with Crippen LogP contribution in [0.4, 0.5) is 14.9 Å². The van der Waals surface area contributed by atoms with E-state index in [1.165, 1.54) is 56.4 Å². The summed E-state index contributed by atoms with van der Waals surface area (Å²) in [6.07, 6.45) is 17.6. The second-order valence-corrected chi connectivity index (χ2v) is 19.1. The molecule has 3 aromatic carbocycles. The highest BCUT2D eigenvalue weighted by Crippen LogP contribution is 2.62. The van der Waals surface area contributed by atoms with Crippen LogP contribution in [0, 0.1) is 33.7 Å².